The molecule has 0 spiro atoms. The zero-order valence-corrected chi connectivity index (χ0v) is 20.1. The first-order valence-corrected chi connectivity index (χ1v) is 12.0. The van der Waals surface area contributed by atoms with Gasteiger partial charge in [-0.1, -0.05) is 41.7 Å². The van der Waals surface area contributed by atoms with Gasteiger partial charge < -0.3 is 9.47 Å². The number of nitrogens with one attached hydrogen (secondary N) is 1. The van der Waals surface area contributed by atoms with E-state index >= 15 is 0 Å². The van der Waals surface area contributed by atoms with Crippen LogP contribution in [0.25, 0.3) is 0 Å². The number of carbonyl (C=O) groups excluding carboxylic acids is 2. The first-order valence-electron chi connectivity index (χ1n) is 9.72. The van der Waals surface area contributed by atoms with E-state index in [1.807, 2.05) is 30.3 Å². The number of methoxy groups -OCH3 is 2. The van der Waals surface area contributed by atoms with Gasteiger partial charge in [0.1, 0.15) is 15.5 Å². The van der Waals surface area contributed by atoms with Crippen molar-refractivity contribution in [1.82, 2.24) is 9.29 Å². The number of ether oxygens (including phenoxy) is 2. The molecule has 0 saturated heterocycles. The lowest BCUT2D eigenvalue weighted by Gasteiger charge is -2.19. The Kier molecular flexibility index (Phi) is 7.46. The van der Waals surface area contributed by atoms with E-state index in [1.165, 1.54) is 43.8 Å². The predicted octanol–water partition coefficient (Wildman–Crippen LogP) is 3.32. The molecular weight excluding hydrogens is 466 g/mol. The molecule has 3 aromatic rings. The van der Waals surface area contributed by atoms with E-state index in [0.29, 0.717) is 5.69 Å². The number of sulfonamides is 1. The molecule has 174 valence electrons. The van der Waals surface area contributed by atoms with E-state index in [0.717, 1.165) is 16.9 Å². The van der Waals surface area contributed by atoms with Crippen molar-refractivity contribution in [2.75, 3.05) is 26.6 Å². The second kappa shape index (κ2) is 10.1. The van der Waals surface area contributed by atoms with Crippen LogP contribution in [0.15, 0.2) is 53.4 Å². The standard InChI is InChI=1S/C22H23N3O6S2/c1-14-19(21(27)31-4)32-22(23-14)24-20(26)16-10-11-17(30-3)18(12-16)33(28,29)25(2)13-15-8-6-5-7-9-15/h5-12H,13H2,1-4H3,(H,23,24,26). The maximum absolute atomic E-state index is 13.3. The summed E-state index contributed by atoms with van der Waals surface area (Å²) in [5.41, 5.74) is 1.33. The highest BCUT2D eigenvalue weighted by Crippen LogP contribution is 2.29. The smallest absolute Gasteiger partial charge is 0.350 e. The van der Waals surface area contributed by atoms with Crippen LogP contribution in [0.1, 0.15) is 31.3 Å². The third-order valence-corrected chi connectivity index (χ3v) is 7.63. The SMILES string of the molecule is COC(=O)c1sc(NC(=O)c2ccc(OC)c(S(=O)(=O)N(C)Cc3ccccc3)c2)nc1C. The Morgan fingerprint density at radius 3 is 2.45 bits per heavy atom. The molecule has 0 bridgehead atoms. The fraction of sp³-hybridized carbons (Fsp3) is 0.227. The van der Waals surface area contributed by atoms with Crippen LogP contribution < -0.4 is 10.1 Å². The van der Waals surface area contributed by atoms with Crippen molar-refractivity contribution < 1.29 is 27.5 Å². The number of carbonyl (C=O) groups is 2. The van der Waals surface area contributed by atoms with Crippen molar-refractivity contribution in [3.8, 4) is 5.75 Å². The average molecular weight is 490 g/mol. The number of esters is 1. The lowest BCUT2D eigenvalue weighted by Crippen LogP contribution is -2.27. The summed E-state index contributed by atoms with van der Waals surface area (Å²) in [6.07, 6.45) is 0. The molecule has 0 saturated carbocycles. The number of amides is 1. The van der Waals surface area contributed by atoms with Gasteiger partial charge in [-0.3, -0.25) is 10.1 Å². The number of thiazole rings is 1. The molecule has 0 fully saturated rings. The van der Waals surface area contributed by atoms with Crippen molar-refractivity contribution in [2.45, 2.75) is 18.4 Å². The van der Waals surface area contributed by atoms with Gasteiger partial charge in [-0.25, -0.2) is 18.2 Å². The zero-order valence-electron chi connectivity index (χ0n) is 18.5. The van der Waals surface area contributed by atoms with Crippen molar-refractivity contribution in [3.63, 3.8) is 0 Å². The second-order valence-corrected chi connectivity index (χ2v) is 10.0. The van der Waals surface area contributed by atoms with Crippen molar-refractivity contribution in [1.29, 1.82) is 0 Å². The minimum atomic E-state index is -3.97. The highest BCUT2D eigenvalue weighted by molar-refractivity contribution is 7.89. The van der Waals surface area contributed by atoms with Crippen LogP contribution in [0.3, 0.4) is 0 Å². The molecule has 0 aliphatic heterocycles. The summed E-state index contributed by atoms with van der Waals surface area (Å²) < 4.78 is 37.6. The van der Waals surface area contributed by atoms with Gasteiger partial charge >= 0.3 is 5.97 Å². The summed E-state index contributed by atoms with van der Waals surface area (Å²) >= 11 is 0.970. The normalized spacial score (nSPS) is 11.3. The summed E-state index contributed by atoms with van der Waals surface area (Å²) in [5.74, 6) is -1.01. The van der Waals surface area contributed by atoms with Crippen molar-refractivity contribution >= 4 is 38.4 Å². The van der Waals surface area contributed by atoms with Crippen molar-refractivity contribution in [3.05, 3.63) is 70.2 Å². The third-order valence-electron chi connectivity index (χ3n) is 4.75. The summed E-state index contributed by atoms with van der Waals surface area (Å²) in [6.45, 7) is 1.77. The Morgan fingerprint density at radius 1 is 1.12 bits per heavy atom. The number of aromatic nitrogens is 1. The molecule has 0 unspecified atom stereocenters. The summed E-state index contributed by atoms with van der Waals surface area (Å²) in [7, 11) is 0.105. The summed E-state index contributed by atoms with van der Waals surface area (Å²) in [6, 6.07) is 13.3. The molecule has 0 atom stereocenters. The van der Waals surface area contributed by atoms with Gasteiger partial charge in [0.2, 0.25) is 10.0 Å². The Hall–Kier alpha value is -3.28. The monoisotopic (exact) mass is 489 g/mol. The first-order chi connectivity index (χ1) is 15.7. The number of hydrogen-bond acceptors (Lipinski definition) is 8. The van der Waals surface area contributed by atoms with E-state index in [-0.39, 0.29) is 32.8 Å². The molecule has 0 aliphatic carbocycles. The maximum Gasteiger partial charge on any atom is 0.350 e. The fourth-order valence-electron chi connectivity index (χ4n) is 3.01. The molecule has 11 heteroatoms. The van der Waals surface area contributed by atoms with Gasteiger partial charge in [0.25, 0.3) is 5.91 Å². The number of nitrogens with zero attached hydrogens (tertiary/aromatic N) is 2. The number of benzene rings is 2. The van der Waals surface area contributed by atoms with Crippen LogP contribution in [0.4, 0.5) is 5.13 Å². The zero-order chi connectivity index (χ0) is 24.2. The molecule has 0 radical (unpaired) electrons. The highest BCUT2D eigenvalue weighted by atomic mass is 32.2. The molecule has 2 aromatic carbocycles. The van der Waals surface area contributed by atoms with E-state index in [4.69, 9.17) is 9.47 Å². The van der Waals surface area contributed by atoms with Crippen LogP contribution in [0.5, 0.6) is 5.75 Å². The molecule has 33 heavy (non-hydrogen) atoms. The molecule has 1 N–H and O–H groups in total. The lowest BCUT2D eigenvalue weighted by atomic mass is 10.2. The number of aryl methyl sites for hydroxylation is 1. The Balaban J connectivity index is 1.88. The van der Waals surface area contributed by atoms with Gasteiger partial charge in [0, 0.05) is 19.2 Å². The quantitative estimate of drug-likeness (QED) is 0.483. The predicted molar refractivity (Wildman–Crippen MR) is 124 cm³/mol. The van der Waals surface area contributed by atoms with Gasteiger partial charge in [-0.2, -0.15) is 4.31 Å². The topological polar surface area (TPSA) is 115 Å². The summed E-state index contributed by atoms with van der Waals surface area (Å²) in [5, 5.41) is 2.79. The highest BCUT2D eigenvalue weighted by Gasteiger charge is 2.27. The number of anilines is 1. The minimum Gasteiger partial charge on any atom is -0.495 e. The Labute approximate surface area is 196 Å². The molecule has 1 amide bonds. The van der Waals surface area contributed by atoms with Gasteiger partial charge in [0.05, 0.1) is 19.9 Å². The molecular formula is C22H23N3O6S2. The fourth-order valence-corrected chi connectivity index (χ4v) is 5.23. The summed E-state index contributed by atoms with van der Waals surface area (Å²) in [4.78, 5) is 28.9. The molecule has 0 aliphatic rings. The average Bonchev–Trinajstić information content (AvgIpc) is 3.18. The van der Waals surface area contributed by atoms with E-state index in [1.54, 1.807) is 6.92 Å². The van der Waals surface area contributed by atoms with Gasteiger partial charge in [-0.15, -0.1) is 0 Å². The van der Waals surface area contributed by atoms with E-state index in [2.05, 4.69) is 10.3 Å². The second-order valence-electron chi connectivity index (χ2n) is 6.99. The van der Waals surface area contributed by atoms with E-state index in [9.17, 15) is 18.0 Å². The number of hydrogen-bond donors (Lipinski definition) is 1. The van der Waals surface area contributed by atoms with Gasteiger partial charge in [-0.05, 0) is 30.7 Å². The van der Waals surface area contributed by atoms with Crippen molar-refractivity contribution in [2.24, 2.45) is 0 Å². The van der Waals surface area contributed by atoms with Crippen LogP contribution in [0.2, 0.25) is 0 Å². The molecule has 3 rings (SSSR count). The maximum atomic E-state index is 13.3. The van der Waals surface area contributed by atoms with Crippen LogP contribution >= 0.6 is 11.3 Å². The molecule has 9 nitrogen and oxygen atoms in total. The van der Waals surface area contributed by atoms with E-state index < -0.39 is 21.9 Å². The number of rotatable bonds is 8. The van der Waals surface area contributed by atoms with Crippen LogP contribution in [-0.2, 0) is 21.3 Å². The van der Waals surface area contributed by atoms with Crippen LogP contribution in [0, 0.1) is 6.92 Å². The van der Waals surface area contributed by atoms with Gasteiger partial charge in [0.15, 0.2) is 5.13 Å². The molecule has 1 aromatic heterocycles. The first kappa shape index (κ1) is 24.4. The third kappa shape index (κ3) is 5.38. The molecule has 1 heterocycles. The van der Waals surface area contributed by atoms with Crippen LogP contribution in [-0.4, -0.2) is 50.9 Å². The Bertz CT molecular complexity index is 1270. The lowest BCUT2D eigenvalue weighted by molar-refractivity contribution is 0.0605. The largest absolute Gasteiger partial charge is 0.495 e. The Morgan fingerprint density at radius 2 is 1.82 bits per heavy atom. The minimum absolute atomic E-state index is 0.0926.